The Morgan fingerprint density at radius 2 is 1.81 bits per heavy atom. The first kappa shape index (κ1) is 20.9. The van der Waals surface area contributed by atoms with Crippen molar-refractivity contribution < 1.29 is 17.9 Å². The number of carbonyl (C=O) groups is 1. The van der Waals surface area contributed by atoms with Crippen molar-refractivity contribution in [1.29, 1.82) is 0 Å². The van der Waals surface area contributed by atoms with Crippen LogP contribution < -0.4 is 14.4 Å². The maximum Gasteiger partial charge on any atom is 0.264 e. The fraction of sp³-hybridized carbons (Fsp3) is 0.208. The van der Waals surface area contributed by atoms with Crippen molar-refractivity contribution in [2.45, 2.75) is 31.2 Å². The lowest BCUT2D eigenvalue weighted by atomic mass is 10.1. The molecule has 0 saturated heterocycles. The van der Waals surface area contributed by atoms with Gasteiger partial charge in [-0.15, -0.1) is 0 Å². The van der Waals surface area contributed by atoms with Crippen molar-refractivity contribution in [3.8, 4) is 5.75 Å². The molecule has 1 aliphatic rings. The zero-order chi connectivity index (χ0) is 22.0. The van der Waals surface area contributed by atoms with Gasteiger partial charge in [-0.1, -0.05) is 24.3 Å². The van der Waals surface area contributed by atoms with Gasteiger partial charge in [-0.25, -0.2) is 8.42 Å². The number of fused-ring (bicyclic) bond motifs is 1. The predicted molar refractivity (Wildman–Crippen MR) is 121 cm³/mol. The van der Waals surface area contributed by atoms with E-state index in [0.717, 1.165) is 5.56 Å². The van der Waals surface area contributed by atoms with Gasteiger partial charge in [0.15, 0.2) is 0 Å². The number of benzene rings is 3. The summed E-state index contributed by atoms with van der Waals surface area (Å²) in [5.41, 5.74) is 2.57. The summed E-state index contributed by atoms with van der Waals surface area (Å²) in [6.07, 6.45) is 0.660. The van der Waals surface area contributed by atoms with E-state index in [1.807, 2.05) is 38.1 Å². The Morgan fingerprint density at radius 1 is 1.06 bits per heavy atom. The molecule has 31 heavy (non-hydrogen) atoms. The van der Waals surface area contributed by atoms with Crippen molar-refractivity contribution in [3.63, 3.8) is 0 Å². The number of ether oxygens (including phenoxy) is 1. The second kappa shape index (κ2) is 8.43. The summed E-state index contributed by atoms with van der Waals surface area (Å²) in [5, 5.41) is 2.80. The highest BCUT2D eigenvalue weighted by molar-refractivity contribution is 7.92. The highest BCUT2D eigenvalue weighted by Crippen LogP contribution is 2.36. The van der Waals surface area contributed by atoms with E-state index < -0.39 is 10.0 Å². The molecule has 7 heteroatoms. The lowest BCUT2D eigenvalue weighted by molar-refractivity contribution is 0.102. The number of anilines is 2. The topological polar surface area (TPSA) is 75.7 Å². The quantitative estimate of drug-likeness (QED) is 0.618. The van der Waals surface area contributed by atoms with E-state index in [1.165, 1.54) is 16.4 Å². The Labute approximate surface area is 182 Å². The van der Waals surface area contributed by atoms with Crippen molar-refractivity contribution in [1.82, 2.24) is 0 Å². The van der Waals surface area contributed by atoms with E-state index in [-0.39, 0.29) is 22.4 Å². The van der Waals surface area contributed by atoms with Crippen molar-refractivity contribution in [3.05, 3.63) is 83.9 Å². The maximum atomic E-state index is 13.4. The fourth-order valence-corrected chi connectivity index (χ4v) is 5.56. The minimum Gasteiger partial charge on any atom is -0.494 e. The Hall–Kier alpha value is -3.32. The molecular weight excluding hydrogens is 412 g/mol. The molecule has 0 fully saturated rings. The molecule has 160 valence electrons. The molecule has 1 heterocycles. The smallest absolute Gasteiger partial charge is 0.264 e. The van der Waals surface area contributed by atoms with Gasteiger partial charge in [-0.05, 0) is 74.4 Å². The number of hydrogen-bond donors (Lipinski definition) is 1. The molecule has 6 nitrogen and oxygen atoms in total. The van der Waals surface area contributed by atoms with Gasteiger partial charge in [0.25, 0.3) is 15.9 Å². The molecule has 0 spiro atoms. The van der Waals surface area contributed by atoms with Gasteiger partial charge in [-0.3, -0.25) is 9.10 Å². The summed E-state index contributed by atoms with van der Waals surface area (Å²) >= 11 is 0. The largest absolute Gasteiger partial charge is 0.494 e. The van der Waals surface area contributed by atoms with E-state index in [2.05, 4.69) is 5.32 Å². The summed E-state index contributed by atoms with van der Waals surface area (Å²) < 4.78 is 33.7. The molecule has 0 saturated carbocycles. The van der Waals surface area contributed by atoms with Crippen molar-refractivity contribution >= 4 is 27.3 Å². The van der Waals surface area contributed by atoms with Crippen LogP contribution in [0.1, 0.15) is 29.8 Å². The number of hydrogen-bond acceptors (Lipinski definition) is 4. The summed E-state index contributed by atoms with van der Waals surface area (Å²) in [5.74, 6) is 0.338. The lowest BCUT2D eigenvalue weighted by Gasteiger charge is -2.24. The SMILES string of the molecule is CCOc1ccc(NC(=O)c2cccc(S(=O)(=O)N3c4ccccc4CC3C)c2)cc1. The van der Waals surface area contributed by atoms with Crippen LogP contribution in [0, 0.1) is 0 Å². The van der Waals surface area contributed by atoms with E-state index in [9.17, 15) is 13.2 Å². The Balaban J connectivity index is 1.58. The third-order valence-corrected chi connectivity index (χ3v) is 7.15. The average molecular weight is 437 g/mol. The molecule has 0 bridgehead atoms. The number of nitrogens with zero attached hydrogens (tertiary/aromatic N) is 1. The monoisotopic (exact) mass is 436 g/mol. The fourth-order valence-electron chi connectivity index (χ4n) is 3.82. The molecule has 3 aromatic rings. The van der Waals surface area contributed by atoms with Crippen molar-refractivity contribution in [2.75, 3.05) is 16.2 Å². The third-order valence-electron chi connectivity index (χ3n) is 5.22. The average Bonchev–Trinajstić information content (AvgIpc) is 3.12. The van der Waals surface area contributed by atoms with Crippen LogP contribution in [0.5, 0.6) is 5.75 Å². The van der Waals surface area contributed by atoms with Crippen LogP contribution in [0.4, 0.5) is 11.4 Å². The Kier molecular flexibility index (Phi) is 5.69. The van der Waals surface area contributed by atoms with Gasteiger partial charge in [-0.2, -0.15) is 0 Å². The number of rotatable bonds is 6. The minimum atomic E-state index is -3.81. The van der Waals surface area contributed by atoms with Crippen LogP contribution in [-0.2, 0) is 16.4 Å². The molecule has 0 aliphatic carbocycles. The summed E-state index contributed by atoms with van der Waals surface area (Å²) in [6, 6.07) is 20.5. The maximum absolute atomic E-state index is 13.4. The van der Waals surface area contributed by atoms with Gasteiger partial charge in [0.1, 0.15) is 5.75 Å². The van der Waals surface area contributed by atoms with Gasteiger partial charge in [0, 0.05) is 17.3 Å². The van der Waals surface area contributed by atoms with E-state index in [4.69, 9.17) is 4.74 Å². The molecule has 0 radical (unpaired) electrons. The zero-order valence-electron chi connectivity index (χ0n) is 17.4. The first-order valence-corrected chi connectivity index (χ1v) is 11.6. The molecule has 1 N–H and O–H groups in total. The predicted octanol–water partition coefficient (Wildman–Crippen LogP) is 4.48. The first-order chi connectivity index (χ1) is 14.9. The van der Waals surface area contributed by atoms with Crippen LogP contribution in [0.3, 0.4) is 0 Å². The molecule has 1 atom stereocenters. The molecule has 1 unspecified atom stereocenters. The molecule has 1 aliphatic heterocycles. The number of para-hydroxylation sites is 1. The Morgan fingerprint density at radius 3 is 2.55 bits per heavy atom. The second-order valence-corrected chi connectivity index (χ2v) is 9.24. The second-order valence-electron chi connectivity index (χ2n) is 7.42. The van der Waals surface area contributed by atoms with Gasteiger partial charge in [0.2, 0.25) is 0 Å². The number of amides is 1. The van der Waals surface area contributed by atoms with E-state index in [1.54, 1.807) is 36.4 Å². The van der Waals surface area contributed by atoms with Crippen LogP contribution >= 0.6 is 0 Å². The molecule has 3 aromatic carbocycles. The number of carbonyl (C=O) groups excluding carboxylic acids is 1. The minimum absolute atomic E-state index is 0.0930. The number of nitrogens with one attached hydrogen (secondary N) is 1. The molecular formula is C24H24N2O4S. The summed E-state index contributed by atoms with van der Waals surface area (Å²) in [6.45, 7) is 4.35. The van der Waals surface area contributed by atoms with Gasteiger partial charge < -0.3 is 10.1 Å². The Bertz CT molecular complexity index is 1210. The summed E-state index contributed by atoms with van der Waals surface area (Å²) in [7, 11) is -3.81. The third kappa shape index (κ3) is 4.14. The van der Waals surface area contributed by atoms with Gasteiger partial charge >= 0.3 is 0 Å². The van der Waals surface area contributed by atoms with E-state index in [0.29, 0.717) is 30.2 Å². The molecule has 0 aromatic heterocycles. The normalized spacial score (nSPS) is 15.4. The zero-order valence-corrected chi connectivity index (χ0v) is 18.2. The van der Waals surface area contributed by atoms with Crippen LogP contribution in [0.2, 0.25) is 0 Å². The lowest BCUT2D eigenvalue weighted by Crippen LogP contribution is -2.35. The van der Waals surface area contributed by atoms with Crippen LogP contribution in [0.15, 0.2) is 77.7 Å². The number of sulfonamides is 1. The first-order valence-electron chi connectivity index (χ1n) is 10.2. The summed E-state index contributed by atoms with van der Waals surface area (Å²) in [4.78, 5) is 12.8. The van der Waals surface area contributed by atoms with Crippen LogP contribution in [0.25, 0.3) is 0 Å². The van der Waals surface area contributed by atoms with Gasteiger partial charge in [0.05, 0.1) is 17.2 Å². The highest BCUT2D eigenvalue weighted by atomic mass is 32.2. The standard InChI is InChI=1S/C24H24N2O4S/c1-3-30-21-13-11-20(12-14-21)25-24(27)19-8-6-9-22(16-19)31(28,29)26-17(2)15-18-7-4-5-10-23(18)26/h4-14,16-17H,3,15H2,1-2H3,(H,25,27). The highest BCUT2D eigenvalue weighted by Gasteiger charge is 2.36. The van der Waals surface area contributed by atoms with E-state index >= 15 is 0 Å². The molecule has 1 amide bonds. The molecule has 4 rings (SSSR count). The van der Waals surface area contributed by atoms with Crippen molar-refractivity contribution in [2.24, 2.45) is 0 Å². The van der Waals surface area contributed by atoms with Crippen LogP contribution in [-0.4, -0.2) is 27.0 Å².